The summed E-state index contributed by atoms with van der Waals surface area (Å²) >= 11 is 1.74. The molecule has 0 saturated carbocycles. The van der Waals surface area contributed by atoms with Crippen molar-refractivity contribution >= 4 is 16.5 Å². The van der Waals surface area contributed by atoms with Crippen molar-refractivity contribution < 1.29 is 0 Å². The van der Waals surface area contributed by atoms with Crippen molar-refractivity contribution in [3.05, 3.63) is 47.0 Å². The molecule has 1 fully saturated rings. The third kappa shape index (κ3) is 3.44. The first kappa shape index (κ1) is 14.5. The summed E-state index contributed by atoms with van der Waals surface area (Å²) in [6.45, 7) is 6.87. The SMILES string of the molecule is CC1(C)CCN(c2nc(CC(N)c3ccccc3)cs2)C1. The zero-order valence-electron chi connectivity index (χ0n) is 12.7. The first-order chi connectivity index (χ1) is 10.0. The minimum Gasteiger partial charge on any atom is -0.348 e. The van der Waals surface area contributed by atoms with Crippen molar-refractivity contribution in [2.75, 3.05) is 18.0 Å². The Morgan fingerprint density at radius 3 is 2.76 bits per heavy atom. The smallest absolute Gasteiger partial charge is 0.185 e. The van der Waals surface area contributed by atoms with Crippen LogP contribution in [0.15, 0.2) is 35.7 Å². The van der Waals surface area contributed by atoms with Crippen LogP contribution in [0.25, 0.3) is 0 Å². The molecule has 0 aliphatic carbocycles. The topological polar surface area (TPSA) is 42.2 Å². The highest BCUT2D eigenvalue weighted by atomic mass is 32.1. The molecule has 1 aromatic carbocycles. The number of hydrogen-bond donors (Lipinski definition) is 1. The normalized spacial score (nSPS) is 18.9. The molecule has 0 bridgehead atoms. The molecule has 1 aromatic heterocycles. The highest BCUT2D eigenvalue weighted by Gasteiger charge is 2.30. The van der Waals surface area contributed by atoms with Crippen LogP contribution in [0.4, 0.5) is 5.13 Å². The Morgan fingerprint density at radius 2 is 2.10 bits per heavy atom. The van der Waals surface area contributed by atoms with Gasteiger partial charge in [0.1, 0.15) is 0 Å². The minimum absolute atomic E-state index is 0.0242. The molecule has 0 radical (unpaired) electrons. The van der Waals surface area contributed by atoms with Crippen LogP contribution in [0.2, 0.25) is 0 Å². The van der Waals surface area contributed by atoms with E-state index in [1.54, 1.807) is 11.3 Å². The van der Waals surface area contributed by atoms with Gasteiger partial charge in [-0.1, -0.05) is 44.2 Å². The van der Waals surface area contributed by atoms with Crippen LogP contribution in [0.3, 0.4) is 0 Å². The molecule has 21 heavy (non-hydrogen) atoms. The van der Waals surface area contributed by atoms with E-state index in [2.05, 4.69) is 36.3 Å². The molecule has 112 valence electrons. The largest absolute Gasteiger partial charge is 0.348 e. The summed E-state index contributed by atoms with van der Waals surface area (Å²) in [5.74, 6) is 0. The van der Waals surface area contributed by atoms with Crippen molar-refractivity contribution in [2.24, 2.45) is 11.1 Å². The fourth-order valence-electron chi connectivity index (χ4n) is 2.85. The lowest BCUT2D eigenvalue weighted by Gasteiger charge is -2.18. The molecular formula is C17H23N3S. The number of rotatable bonds is 4. The van der Waals surface area contributed by atoms with Gasteiger partial charge in [-0.05, 0) is 17.4 Å². The molecule has 4 heteroatoms. The Bertz CT molecular complexity index is 591. The summed E-state index contributed by atoms with van der Waals surface area (Å²) in [6, 6.07) is 10.3. The van der Waals surface area contributed by atoms with E-state index >= 15 is 0 Å². The summed E-state index contributed by atoms with van der Waals surface area (Å²) in [7, 11) is 0. The van der Waals surface area contributed by atoms with Gasteiger partial charge in [-0.15, -0.1) is 11.3 Å². The van der Waals surface area contributed by atoms with E-state index < -0.39 is 0 Å². The second kappa shape index (κ2) is 5.78. The molecule has 2 N–H and O–H groups in total. The standard InChI is InChI=1S/C17H23N3S/c1-17(2)8-9-20(12-17)16-19-14(11-21-16)10-15(18)13-6-4-3-5-7-13/h3-7,11,15H,8-10,12,18H2,1-2H3. The van der Waals surface area contributed by atoms with Crippen LogP contribution in [0.1, 0.15) is 37.6 Å². The maximum absolute atomic E-state index is 6.28. The number of benzene rings is 1. The summed E-state index contributed by atoms with van der Waals surface area (Å²) in [5, 5.41) is 3.31. The number of hydrogen-bond acceptors (Lipinski definition) is 4. The molecule has 0 amide bonds. The quantitative estimate of drug-likeness (QED) is 0.938. The highest BCUT2D eigenvalue weighted by Crippen LogP contribution is 2.34. The van der Waals surface area contributed by atoms with Gasteiger partial charge in [-0.3, -0.25) is 0 Å². The van der Waals surface area contributed by atoms with E-state index in [9.17, 15) is 0 Å². The van der Waals surface area contributed by atoms with Crippen LogP contribution < -0.4 is 10.6 Å². The molecule has 1 unspecified atom stereocenters. The Kier molecular flexibility index (Phi) is 4.00. The minimum atomic E-state index is 0.0242. The maximum Gasteiger partial charge on any atom is 0.185 e. The van der Waals surface area contributed by atoms with Gasteiger partial charge in [-0.25, -0.2) is 4.98 Å². The van der Waals surface area contributed by atoms with Gasteiger partial charge >= 0.3 is 0 Å². The van der Waals surface area contributed by atoms with Crippen LogP contribution in [-0.4, -0.2) is 18.1 Å². The molecule has 3 nitrogen and oxygen atoms in total. The fourth-order valence-corrected chi connectivity index (χ4v) is 3.72. The number of nitrogens with two attached hydrogens (primary N) is 1. The van der Waals surface area contributed by atoms with Gasteiger partial charge in [0.25, 0.3) is 0 Å². The van der Waals surface area contributed by atoms with Crippen LogP contribution in [-0.2, 0) is 6.42 Å². The maximum atomic E-state index is 6.28. The van der Waals surface area contributed by atoms with E-state index in [4.69, 9.17) is 10.7 Å². The third-order valence-electron chi connectivity index (χ3n) is 4.14. The molecule has 1 aliphatic heterocycles. The van der Waals surface area contributed by atoms with Gasteiger partial charge in [-0.2, -0.15) is 0 Å². The zero-order chi connectivity index (χ0) is 14.9. The zero-order valence-corrected chi connectivity index (χ0v) is 13.6. The number of anilines is 1. The van der Waals surface area contributed by atoms with Crippen LogP contribution >= 0.6 is 11.3 Å². The lowest BCUT2D eigenvalue weighted by Crippen LogP contribution is -2.22. The highest BCUT2D eigenvalue weighted by molar-refractivity contribution is 7.13. The molecule has 2 heterocycles. The van der Waals surface area contributed by atoms with Gasteiger partial charge in [0.15, 0.2) is 5.13 Å². The lowest BCUT2D eigenvalue weighted by molar-refractivity contribution is 0.418. The van der Waals surface area contributed by atoms with E-state index in [1.165, 1.54) is 12.0 Å². The monoisotopic (exact) mass is 301 g/mol. The van der Waals surface area contributed by atoms with E-state index in [-0.39, 0.29) is 6.04 Å². The third-order valence-corrected chi connectivity index (χ3v) is 5.09. The van der Waals surface area contributed by atoms with Crippen molar-refractivity contribution in [1.82, 2.24) is 4.98 Å². The fraction of sp³-hybridized carbons (Fsp3) is 0.471. The van der Waals surface area contributed by atoms with Crippen molar-refractivity contribution in [1.29, 1.82) is 0 Å². The van der Waals surface area contributed by atoms with Gasteiger partial charge < -0.3 is 10.6 Å². The Hall–Kier alpha value is -1.39. The summed E-state index contributed by atoms with van der Waals surface area (Å²) in [6.07, 6.45) is 2.04. The van der Waals surface area contributed by atoms with Crippen LogP contribution in [0, 0.1) is 5.41 Å². The molecule has 3 rings (SSSR count). The number of thiazole rings is 1. The molecule has 1 saturated heterocycles. The Balaban J connectivity index is 1.66. The molecule has 1 aliphatic rings. The second-order valence-electron chi connectivity index (χ2n) is 6.68. The van der Waals surface area contributed by atoms with Crippen molar-refractivity contribution in [2.45, 2.75) is 32.7 Å². The molecule has 0 spiro atoms. The average molecular weight is 301 g/mol. The van der Waals surface area contributed by atoms with Crippen molar-refractivity contribution in [3.8, 4) is 0 Å². The summed E-state index contributed by atoms with van der Waals surface area (Å²) in [4.78, 5) is 7.19. The second-order valence-corrected chi connectivity index (χ2v) is 7.52. The average Bonchev–Trinajstić information content (AvgIpc) is 3.06. The van der Waals surface area contributed by atoms with E-state index in [1.807, 2.05) is 18.2 Å². The predicted octanol–water partition coefficient (Wildman–Crippen LogP) is 3.62. The number of aromatic nitrogens is 1. The first-order valence-electron chi connectivity index (χ1n) is 7.53. The summed E-state index contributed by atoms with van der Waals surface area (Å²) in [5.41, 5.74) is 8.98. The van der Waals surface area contributed by atoms with Gasteiger partial charge in [0.2, 0.25) is 0 Å². The van der Waals surface area contributed by atoms with E-state index in [0.29, 0.717) is 5.41 Å². The number of nitrogens with zero attached hydrogens (tertiary/aromatic N) is 2. The van der Waals surface area contributed by atoms with Crippen molar-refractivity contribution in [3.63, 3.8) is 0 Å². The van der Waals surface area contributed by atoms with Crippen LogP contribution in [0.5, 0.6) is 0 Å². The van der Waals surface area contributed by atoms with E-state index in [0.717, 1.165) is 30.3 Å². The predicted molar refractivity (Wildman–Crippen MR) is 89.8 cm³/mol. The lowest BCUT2D eigenvalue weighted by atomic mass is 9.93. The first-order valence-corrected chi connectivity index (χ1v) is 8.41. The summed E-state index contributed by atoms with van der Waals surface area (Å²) < 4.78 is 0. The molecular weight excluding hydrogens is 278 g/mol. The Morgan fingerprint density at radius 1 is 1.33 bits per heavy atom. The molecule has 1 atom stereocenters. The van der Waals surface area contributed by atoms with Gasteiger partial charge in [0, 0.05) is 30.9 Å². The molecule has 2 aromatic rings. The Labute approximate surface area is 130 Å². The van der Waals surface area contributed by atoms with Gasteiger partial charge in [0.05, 0.1) is 5.69 Å².